The van der Waals surface area contributed by atoms with Crippen LogP contribution in [-0.2, 0) is 16.6 Å². The number of sulfonamides is 1. The van der Waals surface area contributed by atoms with Crippen LogP contribution in [0.15, 0.2) is 23.1 Å². The van der Waals surface area contributed by atoms with Crippen molar-refractivity contribution < 1.29 is 12.8 Å². The number of benzene rings is 1. The molecule has 0 spiro atoms. The lowest BCUT2D eigenvalue weighted by molar-refractivity contribution is 0.133. The van der Waals surface area contributed by atoms with Gasteiger partial charge in [-0.2, -0.15) is 0 Å². The van der Waals surface area contributed by atoms with Crippen LogP contribution in [0.25, 0.3) is 0 Å². The van der Waals surface area contributed by atoms with Gasteiger partial charge >= 0.3 is 0 Å². The van der Waals surface area contributed by atoms with E-state index in [4.69, 9.17) is 0 Å². The van der Waals surface area contributed by atoms with Crippen LogP contribution >= 0.6 is 0 Å². The van der Waals surface area contributed by atoms with Crippen LogP contribution < -0.4 is 10.0 Å². The van der Waals surface area contributed by atoms with Crippen LogP contribution in [0, 0.1) is 11.2 Å². The summed E-state index contributed by atoms with van der Waals surface area (Å²) in [6.07, 6.45) is 4.22. The summed E-state index contributed by atoms with van der Waals surface area (Å²) in [5.74, 6) is -0.538. The summed E-state index contributed by atoms with van der Waals surface area (Å²) in [4.78, 5) is 0.0300. The molecule has 1 saturated carbocycles. The number of hydrogen-bond donors (Lipinski definition) is 2. The summed E-state index contributed by atoms with van der Waals surface area (Å²) >= 11 is 0. The normalized spacial score (nSPS) is 17.5. The van der Waals surface area contributed by atoms with Gasteiger partial charge in [-0.15, -0.1) is 0 Å². The number of hydrogen-bond acceptors (Lipinski definition) is 3. The summed E-state index contributed by atoms with van der Waals surface area (Å²) in [6, 6.07) is 3.89. The number of halogens is 1. The van der Waals surface area contributed by atoms with Gasteiger partial charge in [0.2, 0.25) is 10.0 Å². The Morgan fingerprint density at radius 1 is 1.33 bits per heavy atom. The molecule has 0 bridgehead atoms. The Hall–Kier alpha value is -0.980. The molecule has 6 heteroatoms. The first-order valence-corrected chi connectivity index (χ1v) is 8.83. The maximum Gasteiger partial charge on any atom is 0.241 e. The van der Waals surface area contributed by atoms with Crippen molar-refractivity contribution >= 4 is 10.0 Å². The van der Waals surface area contributed by atoms with Gasteiger partial charge in [0.05, 0.1) is 4.90 Å². The molecule has 2 N–H and O–H groups in total. The predicted molar refractivity (Wildman–Crippen MR) is 80.9 cm³/mol. The molecule has 21 heavy (non-hydrogen) atoms. The minimum Gasteiger partial charge on any atom is -0.316 e. The standard InChI is InChI=1S/C15H23FN2O2S/c1-3-15(7-4-8-15)11-18-21(19,20)14-9-13(16)6-5-12(14)10-17-2/h5-6,9,17-18H,3-4,7-8,10-11H2,1-2H3. The monoisotopic (exact) mass is 314 g/mol. The largest absolute Gasteiger partial charge is 0.316 e. The third kappa shape index (κ3) is 3.62. The highest BCUT2D eigenvalue weighted by Gasteiger charge is 2.36. The molecule has 0 atom stereocenters. The molecule has 1 aromatic rings. The summed E-state index contributed by atoms with van der Waals surface area (Å²) in [5.41, 5.74) is 0.661. The molecule has 0 unspecified atom stereocenters. The van der Waals surface area contributed by atoms with Gasteiger partial charge in [-0.05, 0) is 49.4 Å². The third-order valence-corrected chi connectivity index (χ3v) is 5.97. The lowest BCUT2D eigenvalue weighted by Crippen LogP contribution is -2.41. The Kier molecular flexibility index (Phi) is 5.01. The maximum atomic E-state index is 13.4. The van der Waals surface area contributed by atoms with Crippen molar-refractivity contribution in [2.45, 2.75) is 44.0 Å². The third-order valence-electron chi connectivity index (χ3n) is 4.49. The molecule has 0 aromatic heterocycles. The second-order valence-electron chi connectivity index (χ2n) is 5.81. The molecule has 4 nitrogen and oxygen atoms in total. The molecular weight excluding hydrogens is 291 g/mol. The molecule has 118 valence electrons. The van der Waals surface area contributed by atoms with Crippen LogP contribution in [0.5, 0.6) is 0 Å². The van der Waals surface area contributed by atoms with Gasteiger partial charge in [0.25, 0.3) is 0 Å². The summed E-state index contributed by atoms with van der Waals surface area (Å²) in [5, 5.41) is 2.91. The molecule has 2 rings (SSSR count). The van der Waals surface area contributed by atoms with Crippen LogP contribution in [0.3, 0.4) is 0 Å². The van der Waals surface area contributed by atoms with Crippen LogP contribution in [0.4, 0.5) is 4.39 Å². The highest BCUT2D eigenvalue weighted by atomic mass is 32.2. The topological polar surface area (TPSA) is 58.2 Å². The van der Waals surface area contributed by atoms with Crippen molar-refractivity contribution in [1.29, 1.82) is 0 Å². The Balaban J connectivity index is 2.20. The molecule has 0 aliphatic heterocycles. The van der Waals surface area contributed by atoms with E-state index in [1.807, 2.05) is 0 Å². The molecule has 0 radical (unpaired) electrons. The van der Waals surface area contributed by atoms with E-state index in [2.05, 4.69) is 17.0 Å². The van der Waals surface area contributed by atoms with Crippen molar-refractivity contribution in [3.63, 3.8) is 0 Å². The van der Waals surface area contributed by atoms with Crippen LogP contribution in [-0.4, -0.2) is 22.0 Å². The summed E-state index contributed by atoms with van der Waals surface area (Å²) in [6.45, 7) is 2.90. The zero-order valence-corrected chi connectivity index (χ0v) is 13.4. The smallest absolute Gasteiger partial charge is 0.241 e. The first-order chi connectivity index (χ1) is 9.92. The minimum absolute atomic E-state index is 0.0300. The lowest BCUT2D eigenvalue weighted by Gasteiger charge is -2.41. The molecule has 1 aliphatic carbocycles. The van der Waals surface area contributed by atoms with Gasteiger partial charge in [-0.1, -0.05) is 19.4 Å². The molecule has 0 amide bonds. The zero-order valence-electron chi connectivity index (χ0n) is 12.6. The van der Waals surface area contributed by atoms with Gasteiger partial charge < -0.3 is 5.32 Å². The average Bonchev–Trinajstić information content (AvgIpc) is 2.40. The van der Waals surface area contributed by atoms with E-state index < -0.39 is 15.8 Å². The van der Waals surface area contributed by atoms with E-state index in [0.717, 1.165) is 31.7 Å². The van der Waals surface area contributed by atoms with Gasteiger partial charge in [-0.3, -0.25) is 0 Å². The van der Waals surface area contributed by atoms with E-state index in [-0.39, 0.29) is 10.3 Å². The van der Waals surface area contributed by atoms with Gasteiger partial charge in [0.1, 0.15) is 5.82 Å². The Morgan fingerprint density at radius 3 is 2.57 bits per heavy atom. The van der Waals surface area contributed by atoms with Crippen molar-refractivity contribution in [3.8, 4) is 0 Å². The second kappa shape index (κ2) is 6.42. The van der Waals surface area contributed by atoms with Crippen LogP contribution in [0.2, 0.25) is 0 Å². The highest BCUT2D eigenvalue weighted by Crippen LogP contribution is 2.43. The molecule has 0 heterocycles. The first kappa shape index (κ1) is 16.4. The molecule has 1 fully saturated rings. The fraction of sp³-hybridized carbons (Fsp3) is 0.600. The molecular formula is C15H23FN2O2S. The van der Waals surface area contributed by atoms with E-state index >= 15 is 0 Å². The van der Waals surface area contributed by atoms with Crippen molar-refractivity contribution in [1.82, 2.24) is 10.0 Å². The maximum absolute atomic E-state index is 13.4. The van der Waals surface area contributed by atoms with Crippen molar-refractivity contribution in [2.24, 2.45) is 5.41 Å². The van der Waals surface area contributed by atoms with Gasteiger partial charge in [0, 0.05) is 13.1 Å². The van der Waals surface area contributed by atoms with Gasteiger partial charge in [-0.25, -0.2) is 17.5 Å². The zero-order chi connectivity index (χ0) is 15.5. The van der Waals surface area contributed by atoms with Crippen molar-refractivity contribution in [2.75, 3.05) is 13.6 Å². The number of nitrogens with one attached hydrogen (secondary N) is 2. The lowest BCUT2D eigenvalue weighted by atomic mass is 9.67. The Morgan fingerprint density at radius 2 is 2.05 bits per heavy atom. The first-order valence-electron chi connectivity index (χ1n) is 7.35. The summed E-state index contributed by atoms with van der Waals surface area (Å²) in [7, 11) is -1.96. The quantitative estimate of drug-likeness (QED) is 0.812. The average molecular weight is 314 g/mol. The van der Waals surface area contributed by atoms with E-state index in [1.54, 1.807) is 7.05 Å². The summed E-state index contributed by atoms with van der Waals surface area (Å²) < 4.78 is 41.0. The number of rotatable bonds is 7. The minimum atomic E-state index is -3.69. The second-order valence-corrected chi connectivity index (χ2v) is 7.55. The fourth-order valence-corrected chi connectivity index (χ4v) is 4.18. The molecule has 1 aromatic carbocycles. The van der Waals surface area contributed by atoms with E-state index in [0.29, 0.717) is 18.7 Å². The van der Waals surface area contributed by atoms with Crippen LogP contribution in [0.1, 0.15) is 38.2 Å². The highest BCUT2D eigenvalue weighted by molar-refractivity contribution is 7.89. The Labute approximate surface area is 126 Å². The van der Waals surface area contributed by atoms with Crippen molar-refractivity contribution in [3.05, 3.63) is 29.6 Å². The molecule has 1 aliphatic rings. The Bertz CT molecular complexity index is 592. The van der Waals surface area contributed by atoms with Gasteiger partial charge in [0.15, 0.2) is 0 Å². The SMILES string of the molecule is CCC1(CNS(=O)(=O)c2cc(F)ccc2CNC)CCC1. The van der Waals surface area contributed by atoms with E-state index in [9.17, 15) is 12.8 Å². The molecule has 0 saturated heterocycles. The fourth-order valence-electron chi connectivity index (χ4n) is 2.77. The predicted octanol–water partition coefficient (Wildman–Crippen LogP) is 2.40. The van der Waals surface area contributed by atoms with E-state index in [1.165, 1.54) is 12.1 Å².